The predicted octanol–water partition coefficient (Wildman–Crippen LogP) is 1.73. The van der Waals surface area contributed by atoms with Gasteiger partial charge in [0, 0.05) is 25.7 Å². The minimum absolute atomic E-state index is 0.448. The molecule has 0 aromatic carbocycles. The Morgan fingerprint density at radius 2 is 2.24 bits per heavy atom. The molecule has 2 rings (SSSR count). The summed E-state index contributed by atoms with van der Waals surface area (Å²) in [6, 6.07) is 0.644. The van der Waals surface area contributed by atoms with E-state index in [1.54, 1.807) is 0 Å². The third-order valence-corrected chi connectivity index (χ3v) is 4.60. The molecule has 0 amide bonds. The Morgan fingerprint density at radius 1 is 1.41 bits per heavy atom. The zero-order chi connectivity index (χ0) is 12.3. The largest absolute Gasteiger partial charge is 0.378 e. The molecule has 17 heavy (non-hydrogen) atoms. The fourth-order valence-electron chi connectivity index (χ4n) is 3.16. The Kier molecular flexibility index (Phi) is 4.83. The first kappa shape index (κ1) is 13.3. The van der Waals surface area contributed by atoms with Gasteiger partial charge in [0.2, 0.25) is 0 Å². The molecule has 0 aromatic heterocycles. The Morgan fingerprint density at radius 3 is 2.88 bits per heavy atom. The van der Waals surface area contributed by atoms with Gasteiger partial charge in [-0.3, -0.25) is 0 Å². The lowest BCUT2D eigenvalue weighted by atomic mass is 9.91. The van der Waals surface area contributed by atoms with E-state index in [4.69, 9.17) is 4.74 Å². The second-order valence-electron chi connectivity index (χ2n) is 5.99. The molecule has 0 aliphatic carbocycles. The van der Waals surface area contributed by atoms with Crippen molar-refractivity contribution in [3.8, 4) is 0 Å². The van der Waals surface area contributed by atoms with Crippen LogP contribution in [0.3, 0.4) is 0 Å². The third kappa shape index (κ3) is 3.67. The number of ether oxygens (including phenoxy) is 1. The fraction of sp³-hybridized carbons (Fsp3) is 1.00. The lowest BCUT2D eigenvalue weighted by Gasteiger charge is -2.34. The van der Waals surface area contributed by atoms with Crippen molar-refractivity contribution in [2.45, 2.75) is 45.3 Å². The highest BCUT2D eigenvalue weighted by Crippen LogP contribution is 2.22. The summed E-state index contributed by atoms with van der Waals surface area (Å²) in [6.07, 6.45) is 4.42. The van der Waals surface area contributed by atoms with Crippen molar-refractivity contribution >= 4 is 0 Å². The summed E-state index contributed by atoms with van der Waals surface area (Å²) < 4.78 is 5.61. The van der Waals surface area contributed by atoms with Crippen molar-refractivity contribution < 1.29 is 4.74 Å². The van der Waals surface area contributed by atoms with E-state index < -0.39 is 0 Å². The lowest BCUT2D eigenvalue weighted by Crippen LogP contribution is -2.44. The van der Waals surface area contributed by atoms with Crippen LogP contribution in [-0.2, 0) is 4.74 Å². The van der Waals surface area contributed by atoms with Gasteiger partial charge in [-0.05, 0) is 58.5 Å². The first-order valence-corrected chi connectivity index (χ1v) is 7.20. The van der Waals surface area contributed by atoms with Crippen LogP contribution < -0.4 is 5.32 Å². The van der Waals surface area contributed by atoms with Crippen LogP contribution in [0.15, 0.2) is 0 Å². The molecular weight excluding hydrogens is 212 g/mol. The molecule has 0 radical (unpaired) electrons. The van der Waals surface area contributed by atoms with Crippen LogP contribution >= 0.6 is 0 Å². The van der Waals surface area contributed by atoms with Gasteiger partial charge in [0.25, 0.3) is 0 Å². The first-order chi connectivity index (χ1) is 8.16. The van der Waals surface area contributed by atoms with E-state index in [1.165, 1.54) is 32.4 Å². The van der Waals surface area contributed by atoms with Gasteiger partial charge in [-0.2, -0.15) is 0 Å². The number of hydrogen-bond donors (Lipinski definition) is 1. The highest BCUT2D eigenvalue weighted by atomic mass is 16.5. The maximum Gasteiger partial charge on any atom is 0.0588 e. The number of rotatable bonds is 4. The molecule has 100 valence electrons. The Labute approximate surface area is 106 Å². The molecule has 1 N–H and O–H groups in total. The quantitative estimate of drug-likeness (QED) is 0.810. The molecule has 4 atom stereocenters. The molecule has 2 fully saturated rings. The zero-order valence-corrected chi connectivity index (χ0v) is 11.6. The van der Waals surface area contributed by atoms with E-state index in [2.05, 4.69) is 31.1 Å². The average molecular weight is 240 g/mol. The van der Waals surface area contributed by atoms with Crippen LogP contribution in [0.1, 0.15) is 33.1 Å². The van der Waals surface area contributed by atoms with Crippen molar-refractivity contribution in [1.82, 2.24) is 10.2 Å². The van der Waals surface area contributed by atoms with E-state index in [-0.39, 0.29) is 0 Å². The lowest BCUT2D eigenvalue weighted by molar-refractivity contribution is 0.103. The normalized spacial score (nSPS) is 37.2. The molecule has 3 nitrogen and oxygen atoms in total. The molecular formula is C14H28N2O. The number of piperidine rings is 1. The van der Waals surface area contributed by atoms with Crippen molar-refractivity contribution in [3.63, 3.8) is 0 Å². The van der Waals surface area contributed by atoms with Crippen molar-refractivity contribution in [1.29, 1.82) is 0 Å². The predicted molar refractivity (Wildman–Crippen MR) is 71.2 cm³/mol. The van der Waals surface area contributed by atoms with Gasteiger partial charge >= 0.3 is 0 Å². The summed E-state index contributed by atoms with van der Waals surface area (Å²) in [4.78, 5) is 2.47. The molecule has 2 aliphatic rings. The van der Waals surface area contributed by atoms with Crippen molar-refractivity contribution in [3.05, 3.63) is 0 Å². The van der Waals surface area contributed by atoms with Gasteiger partial charge in [-0.1, -0.05) is 0 Å². The van der Waals surface area contributed by atoms with E-state index >= 15 is 0 Å². The summed E-state index contributed by atoms with van der Waals surface area (Å²) in [5.41, 5.74) is 0. The average Bonchev–Trinajstić information content (AvgIpc) is 2.72. The molecule has 0 saturated carbocycles. The second-order valence-corrected chi connectivity index (χ2v) is 5.99. The standard InChI is InChI=1S/C14H28N2O/c1-11(14-5-4-7-16(3)10-14)15-9-13-6-8-17-12(13)2/h11-15H,4-10H2,1-3H3. The molecule has 2 heterocycles. The van der Waals surface area contributed by atoms with Crippen molar-refractivity contribution in [2.24, 2.45) is 11.8 Å². The van der Waals surface area contributed by atoms with Crippen LogP contribution in [0.25, 0.3) is 0 Å². The summed E-state index contributed by atoms with van der Waals surface area (Å²) in [6.45, 7) is 9.17. The highest BCUT2D eigenvalue weighted by Gasteiger charge is 2.27. The molecule has 2 saturated heterocycles. The van der Waals surface area contributed by atoms with Crippen molar-refractivity contribution in [2.75, 3.05) is 33.3 Å². The van der Waals surface area contributed by atoms with Crippen LogP contribution in [0.4, 0.5) is 0 Å². The summed E-state index contributed by atoms with van der Waals surface area (Å²) in [5.74, 6) is 1.55. The van der Waals surface area contributed by atoms with Crippen LogP contribution in [0, 0.1) is 11.8 Å². The Hall–Kier alpha value is -0.120. The van der Waals surface area contributed by atoms with Gasteiger partial charge in [-0.15, -0.1) is 0 Å². The number of likely N-dealkylation sites (tertiary alicyclic amines) is 1. The first-order valence-electron chi connectivity index (χ1n) is 7.20. The molecule has 0 bridgehead atoms. The molecule has 0 spiro atoms. The van der Waals surface area contributed by atoms with Crippen LogP contribution in [-0.4, -0.2) is 50.3 Å². The number of hydrogen-bond acceptors (Lipinski definition) is 3. The van der Waals surface area contributed by atoms with E-state index in [0.717, 1.165) is 25.0 Å². The second kappa shape index (κ2) is 6.17. The van der Waals surface area contributed by atoms with Gasteiger partial charge < -0.3 is 15.0 Å². The van der Waals surface area contributed by atoms with Crippen LogP contribution in [0.2, 0.25) is 0 Å². The van der Waals surface area contributed by atoms with Crippen LogP contribution in [0.5, 0.6) is 0 Å². The summed E-state index contributed by atoms with van der Waals surface area (Å²) in [5, 5.41) is 3.74. The fourth-order valence-corrected chi connectivity index (χ4v) is 3.16. The maximum absolute atomic E-state index is 5.61. The monoisotopic (exact) mass is 240 g/mol. The summed E-state index contributed by atoms with van der Waals surface area (Å²) in [7, 11) is 2.24. The van der Waals surface area contributed by atoms with Gasteiger partial charge in [-0.25, -0.2) is 0 Å². The SMILES string of the molecule is CC(NCC1CCOC1C)C1CCCN(C)C1. The minimum Gasteiger partial charge on any atom is -0.378 e. The molecule has 4 unspecified atom stereocenters. The number of nitrogens with zero attached hydrogens (tertiary/aromatic N) is 1. The van der Waals surface area contributed by atoms with E-state index in [1.807, 2.05) is 0 Å². The third-order valence-electron chi connectivity index (χ3n) is 4.60. The maximum atomic E-state index is 5.61. The molecule has 2 aliphatic heterocycles. The van der Waals surface area contributed by atoms with E-state index in [0.29, 0.717) is 12.1 Å². The van der Waals surface area contributed by atoms with Gasteiger partial charge in [0.05, 0.1) is 6.10 Å². The van der Waals surface area contributed by atoms with E-state index in [9.17, 15) is 0 Å². The zero-order valence-electron chi connectivity index (χ0n) is 11.6. The topological polar surface area (TPSA) is 24.5 Å². The Bertz CT molecular complexity index is 234. The molecule has 3 heteroatoms. The smallest absolute Gasteiger partial charge is 0.0588 e. The summed E-state index contributed by atoms with van der Waals surface area (Å²) >= 11 is 0. The van der Waals surface area contributed by atoms with Gasteiger partial charge in [0.1, 0.15) is 0 Å². The Balaban J connectivity index is 1.71. The minimum atomic E-state index is 0.448. The number of nitrogens with one attached hydrogen (secondary N) is 1. The van der Waals surface area contributed by atoms with Gasteiger partial charge in [0.15, 0.2) is 0 Å². The highest BCUT2D eigenvalue weighted by molar-refractivity contribution is 4.82. The molecule has 0 aromatic rings.